The highest BCUT2D eigenvalue weighted by Gasteiger charge is 2.07. The van der Waals surface area contributed by atoms with Crippen LogP contribution in [0.3, 0.4) is 0 Å². The molecule has 0 saturated carbocycles. The Kier molecular flexibility index (Phi) is 7.13. The lowest BCUT2D eigenvalue weighted by Crippen LogP contribution is -2.10. The van der Waals surface area contributed by atoms with Gasteiger partial charge in [0.1, 0.15) is 36.3 Å². The molecule has 0 atom stereocenters. The van der Waals surface area contributed by atoms with E-state index in [0.29, 0.717) is 25.2 Å². The van der Waals surface area contributed by atoms with Crippen LogP contribution in [0, 0.1) is 5.41 Å². The molecule has 5 nitrogen and oxygen atoms in total. The highest BCUT2D eigenvalue weighted by molar-refractivity contribution is 5.95. The average Bonchev–Trinajstić information content (AvgIpc) is 2.87. The van der Waals surface area contributed by atoms with E-state index < -0.39 is 0 Å². The summed E-state index contributed by atoms with van der Waals surface area (Å²) in [4.78, 5) is 0. The van der Waals surface area contributed by atoms with Gasteiger partial charge in [-0.2, -0.15) is 0 Å². The summed E-state index contributed by atoms with van der Waals surface area (Å²) in [6, 6.07) is 25.7. The van der Waals surface area contributed by atoms with Crippen molar-refractivity contribution < 1.29 is 14.2 Å². The predicted molar refractivity (Wildman–Crippen MR) is 138 cm³/mol. The zero-order valence-corrected chi connectivity index (χ0v) is 19.2. The van der Waals surface area contributed by atoms with Gasteiger partial charge in [0.25, 0.3) is 0 Å². The van der Waals surface area contributed by atoms with E-state index in [9.17, 15) is 0 Å². The molecule has 0 aliphatic heterocycles. The third-order valence-corrected chi connectivity index (χ3v) is 5.58. The Morgan fingerprint density at radius 2 is 1.47 bits per heavy atom. The average molecular weight is 453 g/mol. The van der Waals surface area contributed by atoms with Crippen LogP contribution >= 0.6 is 0 Å². The van der Waals surface area contributed by atoms with Crippen molar-refractivity contribution in [2.45, 2.75) is 6.42 Å². The number of nitrogens with one attached hydrogen (secondary N) is 1. The number of allylic oxidation sites excluding steroid dienone is 1. The van der Waals surface area contributed by atoms with Crippen LogP contribution in [0.1, 0.15) is 11.1 Å². The van der Waals surface area contributed by atoms with Gasteiger partial charge in [-0.15, -0.1) is 6.58 Å². The largest absolute Gasteiger partial charge is 0.497 e. The summed E-state index contributed by atoms with van der Waals surface area (Å²) in [6.45, 7) is 4.74. The molecule has 4 aromatic carbocycles. The standard InChI is InChI=1S/C29H28N2O3/c1-3-4-25-17-22(20-5-7-21(8-6-20)29(30)31)11-14-28(25)34-16-15-33-27-13-10-23-18-26(32-2)12-9-24(23)19-27/h3,5-14,17-19H,1,4,15-16H2,2H3,(H3,30,31). The molecule has 172 valence electrons. The van der Waals surface area contributed by atoms with E-state index in [1.807, 2.05) is 78.9 Å². The van der Waals surface area contributed by atoms with Crippen LogP contribution in [0.2, 0.25) is 0 Å². The predicted octanol–water partition coefficient (Wildman–Crippen LogP) is 5.99. The molecule has 5 heteroatoms. The number of methoxy groups -OCH3 is 1. The van der Waals surface area contributed by atoms with Crippen molar-refractivity contribution in [3.05, 3.63) is 103 Å². The van der Waals surface area contributed by atoms with Crippen LogP contribution in [0.5, 0.6) is 17.2 Å². The minimum atomic E-state index is 0.0637. The quantitative estimate of drug-likeness (QED) is 0.134. The molecule has 0 saturated heterocycles. The van der Waals surface area contributed by atoms with Gasteiger partial charge in [-0.25, -0.2) is 0 Å². The van der Waals surface area contributed by atoms with Crippen molar-refractivity contribution in [2.75, 3.05) is 20.3 Å². The number of rotatable bonds is 10. The molecular formula is C29H28N2O3. The molecule has 4 aromatic rings. The van der Waals surface area contributed by atoms with Crippen molar-refractivity contribution in [3.63, 3.8) is 0 Å². The van der Waals surface area contributed by atoms with Crippen molar-refractivity contribution in [1.82, 2.24) is 0 Å². The van der Waals surface area contributed by atoms with E-state index in [-0.39, 0.29) is 5.84 Å². The van der Waals surface area contributed by atoms with E-state index in [4.69, 9.17) is 25.4 Å². The van der Waals surface area contributed by atoms with Crippen LogP contribution in [0.25, 0.3) is 21.9 Å². The lowest BCUT2D eigenvalue weighted by atomic mass is 9.99. The van der Waals surface area contributed by atoms with Gasteiger partial charge in [0.15, 0.2) is 0 Å². The lowest BCUT2D eigenvalue weighted by molar-refractivity contribution is 0.216. The zero-order valence-electron chi connectivity index (χ0n) is 19.2. The van der Waals surface area contributed by atoms with Crippen LogP contribution in [0.4, 0.5) is 0 Å². The molecule has 0 radical (unpaired) electrons. The Morgan fingerprint density at radius 1 is 0.824 bits per heavy atom. The number of fused-ring (bicyclic) bond motifs is 1. The van der Waals surface area contributed by atoms with E-state index in [0.717, 1.165) is 44.7 Å². The molecule has 0 unspecified atom stereocenters. The minimum Gasteiger partial charge on any atom is -0.497 e. The molecule has 3 N–H and O–H groups in total. The number of benzene rings is 4. The fraction of sp³-hybridized carbons (Fsp3) is 0.138. The number of nitrogen functional groups attached to an aromatic ring is 1. The maximum atomic E-state index is 7.55. The summed E-state index contributed by atoms with van der Waals surface area (Å²) >= 11 is 0. The van der Waals surface area contributed by atoms with Crippen LogP contribution in [-0.4, -0.2) is 26.2 Å². The second-order valence-electron chi connectivity index (χ2n) is 7.88. The zero-order chi connectivity index (χ0) is 23.9. The van der Waals surface area contributed by atoms with E-state index in [2.05, 4.69) is 12.6 Å². The van der Waals surface area contributed by atoms with Gasteiger partial charge in [-0.3, -0.25) is 5.41 Å². The van der Waals surface area contributed by atoms with Crippen molar-refractivity contribution >= 4 is 16.6 Å². The highest BCUT2D eigenvalue weighted by Crippen LogP contribution is 2.28. The molecule has 34 heavy (non-hydrogen) atoms. The second kappa shape index (κ2) is 10.6. The summed E-state index contributed by atoms with van der Waals surface area (Å²) in [7, 11) is 1.67. The number of hydrogen-bond donors (Lipinski definition) is 2. The molecule has 0 aliphatic carbocycles. The highest BCUT2D eigenvalue weighted by atomic mass is 16.5. The van der Waals surface area contributed by atoms with Crippen LogP contribution < -0.4 is 19.9 Å². The van der Waals surface area contributed by atoms with E-state index >= 15 is 0 Å². The molecule has 0 aromatic heterocycles. The van der Waals surface area contributed by atoms with E-state index in [1.54, 1.807) is 7.11 Å². The molecule has 4 rings (SSSR count). The van der Waals surface area contributed by atoms with Crippen molar-refractivity contribution in [3.8, 4) is 28.4 Å². The normalized spacial score (nSPS) is 10.6. The first-order valence-corrected chi connectivity index (χ1v) is 11.1. The van der Waals surface area contributed by atoms with Crippen molar-refractivity contribution in [2.24, 2.45) is 5.73 Å². The minimum absolute atomic E-state index is 0.0637. The van der Waals surface area contributed by atoms with Crippen LogP contribution in [-0.2, 0) is 6.42 Å². The summed E-state index contributed by atoms with van der Waals surface area (Å²) in [6.07, 6.45) is 2.56. The molecule has 0 spiro atoms. The van der Waals surface area contributed by atoms with Gasteiger partial charge in [-0.1, -0.05) is 48.5 Å². The first kappa shape index (κ1) is 22.9. The number of amidine groups is 1. The second-order valence-corrected chi connectivity index (χ2v) is 7.88. The van der Waals surface area contributed by atoms with Gasteiger partial charge in [0.05, 0.1) is 7.11 Å². The smallest absolute Gasteiger partial charge is 0.123 e. The monoisotopic (exact) mass is 452 g/mol. The first-order chi connectivity index (χ1) is 16.6. The van der Waals surface area contributed by atoms with Gasteiger partial charge in [0, 0.05) is 5.56 Å². The lowest BCUT2D eigenvalue weighted by Gasteiger charge is -2.14. The molecule has 0 fully saturated rings. The van der Waals surface area contributed by atoms with Crippen LogP contribution in [0.15, 0.2) is 91.5 Å². The topological polar surface area (TPSA) is 77.6 Å². The summed E-state index contributed by atoms with van der Waals surface area (Å²) in [5.74, 6) is 2.52. The molecule has 0 heterocycles. The summed E-state index contributed by atoms with van der Waals surface area (Å²) in [5, 5.41) is 9.75. The maximum absolute atomic E-state index is 7.55. The number of ether oxygens (including phenoxy) is 3. The van der Waals surface area contributed by atoms with Gasteiger partial charge in [-0.05, 0) is 70.3 Å². The van der Waals surface area contributed by atoms with Gasteiger partial charge < -0.3 is 19.9 Å². The Morgan fingerprint density at radius 3 is 2.15 bits per heavy atom. The number of nitrogens with two attached hydrogens (primary N) is 1. The summed E-state index contributed by atoms with van der Waals surface area (Å²) < 4.78 is 17.2. The van der Waals surface area contributed by atoms with Gasteiger partial charge >= 0.3 is 0 Å². The van der Waals surface area contributed by atoms with Gasteiger partial charge in [0.2, 0.25) is 0 Å². The summed E-state index contributed by atoms with van der Waals surface area (Å²) in [5.41, 5.74) is 9.45. The molecule has 0 bridgehead atoms. The molecule has 0 aliphatic rings. The third-order valence-electron chi connectivity index (χ3n) is 5.58. The maximum Gasteiger partial charge on any atom is 0.123 e. The Hall–Kier alpha value is -4.25. The van der Waals surface area contributed by atoms with Crippen molar-refractivity contribution in [1.29, 1.82) is 5.41 Å². The fourth-order valence-corrected chi connectivity index (χ4v) is 3.79. The third kappa shape index (κ3) is 5.38. The SMILES string of the molecule is C=CCc1cc(-c2ccc(C(=N)N)cc2)ccc1OCCOc1ccc2cc(OC)ccc2c1. The first-order valence-electron chi connectivity index (χ1n) is 11.1. The number of hydrogen-bond acceptors (Lipinski definition) is 4. The Bertz CT molecular complexity index is 1310. The van der Waals surface area contributed by atoms with E-state index in [1.165, 1.54) is 0 Å². The fourth-order valence-electron chi connectivity index (χ4n) is 3.79. The molecular weight excluding hydrogens is 424 g/mol. The Balaban J connectivity index is 1.39. The Labute approximate surface area is 199 Å². The molecule has 0 amide bonds.